The number of ether oxygens (including phenoxy) is 1. The van der Waals surface area contributed by atoms with Gasteiger partial charge in [-0.1, -0.05) is 30.4 Å². The van der Waals surface area contributed by atoms with Gasteiger partial charge in [0.05, 0.1) is 12.3 Å². The van der Waals surface area contributed by atoms with Gasteiger partial charge in [0.25, 0.3) is 0 Å². The first-order valence-corrected chi connectivity index (χ1v) is 7.58. The lowest BCUT2D eigenvalue weighted by atomic mass is 9.96. The molecule has 2 rings (SSSR count). The predicted octanol–water partition coefficient (Wildman–Crippen LogP) is 2.43. The van der Waals surface area contributed by atoms with E-state index in [1.165, 1.54) is 0 Å². The number of hydrogen-bond donors (Lipinski definition) is 1. The Bertz CT molecular complexity index is 507. The van der Waals surface area contributed by atoms with E-state index in [4.69, 9.17) is 4.74 Å². The maximum Gasteiger partial charge on any atom is 0.108 e. The second-order valence-electron chi connectivity index (χ2n) is 5.69. The van der Waals surface area contributed by atoms with Gasteiger partial charge in [-0.15, -0.1) is 5.10 Å². The average molecular weight is 291 g/mol. The maximum absolute atomic E-state index is 10.4. The summed E-state index contributed by atoms with van der Waals surface area (Å²) in [6.07, 6.45) is 10.4. The third-order valence-electron chi connectivity index (χ3n) is 3.94. The SMILES string of the molecule is CO[C@H]1/C=C/CCCCn2cc(nn2)/C(C)=C\[C@H](C)[C@@H]1O. The molecule has 21 heavy (non-hydrogen) atoms. The fourth-order valence-corrected chi connectivity index (χ4v) is 2.56. The Morgan fingerprint density at radius 1 is 1.38 bits per heavy atom. The third-order valence-corrected chi connectivity index (χ3v) is 3.94. The van der Waals surface area contributed by atoms with Crippen molar-refractivity contribution in [2.45, 2.75) is 51.9 Å². The first kappa shape index (κ1) is 15.9. The van der Waals surface area contributed by atoms with E-state index < -0.39 is 6.10 Å². The highest BCUT2D eigenvalue weighted by Gasteiger charge is 2.21. The molecule has 2 heterocycles. The lowest BCUT2D eigenvalue weighted by Crippen LogP contribution is -2.31. The number of aliphatic hydroxyl groups is 1. The summed E-state index contributed by atoms with van der Waals surface area (Å²) in [6.45, 7) is 4.88. The molecule has 1 aromatic heterocycles. The second kappa shape index (κ2) is 7.52. The summed E-state index contributed by atoms with van der Waals surface area (Å²) in [6, 6.07) is 0. The van der Waals surface area contributed by atoms with Crippen LogP contribution in [0.2, 0.25) is 0 Å². The summed E-state index contributed by atoms with van der Waals surface area (Å²) in [5.74, 6) is -0.0207. The summed E-state index contributed by atoms with van der Waals surface area (Å²) in [7, 11) is 1.64. The Labute approximate surface area is 126 Å². The Kier molecular flexibility index (Phi) is 5.70. The van der Waals surface area contributed by atoms with Gasteiger partial charge in [-0.2, -0.15) is 0 Å². The highest BCUT2D eigenvalue weighted by Crippen LogP contribution is 2.19. The number of allylic oxidation sites excluding steroid dienone is 2. The number of aliphatic hydroxyl groups excluding tert-OH is 1. The minimum absolute atomic E-state index is 0.0207. The monoisotopic (exact) mass is 291 g/mol. The molecule has 0 radical (unpaired) electrons. The van der Waals surface area contributed by atoms with Crippen LogP contribution >= 0.6 is 0 Å². The van der Waals surface area contributed by atoms with E-state index in [0.29, 0.717) is 0 Å². The fraction of sp³-hybridized carbons (Fsp3) is 0.625. The van der Waals surface area contributed by atoms with Crippen molar-refractivity contribution in [3.05, 3.63) is 30.1 Å². The van der Waals surface area contributed by atoms with Crippen molar-refractivity contribution in [3.63, 3.8) is 0 Å². The minimum Gasteiger partial charge on any atom is -0.389 e. The van der Waals surface area contributed by atoms with E-state index in [1.807, 2.05) is 36.9 Å². The Balaban J connectivity index is 2.25. The van der Waals surface area contributed by atoms with E-state index >= 15 is 0 Å². The van der Waals surface area contributed by atoms with E-state index in [2.05, 4.69) is 16.4 Å². The van der Waals surface area contributed by atoms with Gasteiger partial charge >= 0.3 is 0 Å². The van der Waals surface area contributed by atoms with Gasteiger partial charge in [0.1, 0.15) is 11.8 Å². The number of methoxy groups -OCH3 is 1. The van der Waals surface area contributed by atoms with Crippen LogP contribution in [0.1, 0.15) is 38.8 Å². The van der Waals surface area contributed by atoms with E-state index in [0.717, 1.165) is 37.1 Å². The summed E-state index contributed by atoms with van der Waals surface area (Å²) in [5.41, 5.74) is 1.90. The van der Waals surface area contributed by atoms with Crippen LogP contribution in [0.15, 0.2) is 24.4 Å². The first-order valence-electron chi connectivity index (χ1n) is 7.58. The predicted molar refractivity (Wildman–Crippen MR) is 82.6 cm³/mol. The van der Waals surface area contributed by atoms with Crippen molar-refractivity contribution in [1.29, 1.82) is 0 Å². The maximum atomic E-state index is 10.4. The number of aryl methyl sites for hydroxylation is 1. The van der Waals surface area contributed by atoms with Gasteiger partial charge < -0.3 is 9.84 Å². The highest BCUT2D eigenvalue weighted by atomic mass is 16.5. The molecule has 1 aromatic rings. The first-order chi connectivity index (χ1) is 10.1. The van der Waals surface area contributed by atoms with Crippen LogP contribution in [0.3, 0.4) is 0 Å². The molecule has 0 fully saturated rings. The zero-order chi connectivity index (χ0) is 15.2. The number of aromatic nitrogens is 3. The van der Waals surface area contributed by atoms with Crippen molar-refractivity contribution >= 4 is 5.57 Å². The lowest BCUT2D eigenvalue weighted by molar-refractivity contribution is -0.00161. The molecule has 1 aliphatic rings. The average Bonchev–Trinajstić information content (AvgIpc) is 2.94. The smallest absolute Gasteiger partial charge is 0.108 e. The Morgan fingerprint density at radius 2 is 2.19 bits per heavy atom. The molecule has 116 valence electrons. The van der Waals surface area contributed by atoms with Crippen molar-refractivity contribution in [2.75, 3.05) is 7.11 Å². The van der Waals surface area contributed by atoms with E-state index in [1.54, 1.807) is 7.11 Å². The zero-order valence-electron chi connectivity index (χ0n) is 13.1. The molecule has 0 aliphatic carbocycles. The molecule has 2 bridgehead atoms. The van der Waals surface area contributed by atoms with Gasteiger partial charge in [0, 0.05) is 19.6 Å². The van der Waals surface area contributed by atoms with Crippen LogP contribution < -0.4 is 0 Å². The molecule has 0 unspecified atom stereocenters. The quantitative estimate of drug-likeness (QED) is 0.807. The molecule has 5 heteroatoms. The number of hydrogen-bond acceptors (Lipinski definition) is 4. The van der Waals surface area contributed by atoms with Crippen molar-refractivity contribution in [1.82, 2.24) is 15.0 Å². The molecule has 3 atom stereocenters. The van der Waals surface area contributed by atoms with Crippen LogP contribution in [0.4, 0.5) is 0 Å². The van der Waals surface area contributed by atoms with Gasteiger partial charge in [-0.05, 0) is 31.8 Å². The topological polar surface area (TPSA) is 60.2 Å². The summed E-state index contributed by atoms with van der Waals surface area (Å²) in [5, 5.41) is 18.8. The molecule has 0 saturated heterocycles. The lowest BCUT2D eigenvalue weighted by Gasteiger charge is -2.23. The minimum atomic E-state index is -0.570. The van der Waals surface area contributed by atoms with Gasteiger partial charge in [0.15, 0.2) is 0 Å². The molecular weight excluding hydrogens is 266 g/mol. The molecule has 0 aromatic carbocycles. The van der Waals surface area contributed by atoms with Gasteiger partial charge in [-0.25, -0.2) is 0 Å². The molecule has 1 N–H and O–H groups in total. The van der Waals surface area contributed by atoms with Crippen molar-refractivity contribution < 1.29 is 9.84 Å². The third kappa shape index (κ3) is 4.25. The van der Waals surface area contributed by atoms with Crippen LogP contribution in [0.5, 0.6) is 0 Å². The largest absolute Gasteiger partial charge is 0.389 e. The summed E-state index contributed by atoms with van der Waals surface area (Å²) < 4.78 is 7.29. The number of fused-ring (bicyclic) bond motifs is 2. The molecule has 5 nitrogen and oxygen atoms in total. The fourth-order valence-electron chi connectivity index (χ4n) is 2.56. The molecular formula is C16H25N3O2. The van der Waals surface area contributed by atoms with E-state index in [9.17, 15) is 5.11 Å². The number of rotatable bonds is 1. The summed E-state index contributed by atoms with van der Waals surface area (Å²) in [4.78, 5) is 0. The van der Waals surface area contributed by atoms with Crippen molar-refractivity contribution in [3.8, 4) is 0 Å². The molecule has 0 saturated carbocycles. The standard InChI is InChI=1S/C16H25N3O2/c1-12-10-13(2)16(20)15(21-3)8-6-4-5-7-9-19-11-14(12)17-18-19/h6,8,10-11,13,15-16,20H,4-5,7,9H2,1-3H3/b8-6+,12-10-/t13-,15-,16-/m0/s1. The normalized spacial score (nSPS) is 32.0. The second-order valence-corrected chi connectivity index (χ2v) is 5.69. The summed E-state index contributed by atoms with van der Waals surface area (Å²) >= 11 is 0. The van der Waals surface area contributed by atoms with E-state index in [-0.39, 0.29) is 12.0 Å². The number of nitrogens with zero attached hydrogens (tertiary/aromatic N) is 3. The highest BCUT2D eigenvalue weighted by molar-refractivity contribution is 5.59. The molecule has 0 amide bonds. The van der Waals surface area contributed by atoms with Gasteiger partial charge in [-0.3, -0.25) is 4.68 Å². The molecule has 0 spiro atoms. The zero-order valence-corrected chi connectivity index (χ0v) is 13.1. The van der Waals surface area contributed by atoms with Crippen LogP contribution in [0.25, 0.3) is 5.57 Å². The van der Waals surface area contributed by atoms with Gasteiger partial charge in [0.2, 0.25) is 0 Å². The van der Waals surface area contributed by atoms with Crippen LogP contribution in [0, 0.1) is 5.92 Å². The Hall–Kier alpha value is -1.46. The van der Waals surface area contributed by atoms with Crippen LogP contribution in [-0.4, -0.2) is 39.4 Å². The molecule has 1 aliphatic heterocycles. The van der Waals surface area contributed by atoms with Crippen molar-refractivity contribution in [2.24, 2.45) is 5.92 Å². The van der Waals surface area contributed by atoms with Crippen LogP contribution in [-0.2, 0) is 11.3 Å². The Morgan fingerprint density at radius 3 is 2.95 bits per heavy atom.